The summed E-state index contributed by atoms with van der Waals surface area (Å²) < 4.78 is 2.02. The van der Waals surface area contributed by atoms with Crippen LogP contribution in [0.1, 0.15) is 17.1 Å². The molecule has 0 unspecified atom stereocenters. The van der Waals surface area contributed by atoms with Crippen LogP contribution in [0.2, 0.25) is 0 Å². The second-order valence-electron chi connectivity index (χ2n) is 7.12. The van der Waals surface area contributed by atoms with Gasteiger partial charge in [-0.2, -0.15) is 0 Å². The number of carbonyl (C=O) groups is 1. The second-order valence-corrected chi connectivity index (χ2v) is 9.38. The highest BCUT2D eigenvalue weighted by Crippen LogP contribution is 2.35. The van der Waals surface area contributed by atoms with Crippen molar-refractivity contribution < 1.29 is 9.90 Å². The highest BCUT2D eigenvalue weighted by atomic mass is 32.2. The van der Waals surface area contributed by atoms with Crippen LogP contribution in [0.25, 0.3) is 16.8 Å². The lowest BCUT2D eigenvalue weighted by molar-refractivity contribution is -0.109. The van der Waals surface area contributed by atoms with Crippen molar-refractivity contribution in [2.24, 2.45) is 4.99 Å². The van der Waals surface area contributed by atoms with Crippen LogP contribution in [0.4, 0.5) is 11.4 Å². The Morgan fingerprint density at radius 3 is 2.79 bits per heavy atom. The van der Waals surface area contributed by atoms with Gasteiger partial charge in [0.05, 0.1) is 12.2 Å². The first-order valence-electron chi connectivity index (χ1n) is 10.1. The van der Waals surface area contributed by atoms with Crippen molar-refractivity contribution in [1.82, 2.24) is 19.7 Å². The fraction of sp³-hybridized carbons (Fsp3) is 0.0870. The molecule has 0 saturated carbocycles. The number of rotatable bonds is 6. The van der Waals surface area contributed by atoms with E-state index in [9.17, 15) is 9.90 Å². The summed E-state index contributed by atoms with van der Waals surface area (Å²) in [6.07, 6.45) is 3.55. The monoisotopic (exact) mass is 474 g/mol. The van der Waals surface area contributed by atoms with Crippen molar-refractivity contribution in [2.75, 3.05) is 11.9 Å². The predicted octanol–water partition coefficient (Wildman–Crippen LogP) is 4.73. The Bertz CT molecular complexity index is 1390. The molecule has 2 N–H and O–H groups in total. The number of thioether (sulfide) groups is 1. The molecule has 1 aliphatic rings. The Balaban J connectivity index is 1.32. The van der Waals surface area contributed by atoms with Gasteiger partial charge in [0.25, 0.3) is 0 Å². The van der Waals surface area contributed by atoms with Crippen LogP contribution in [0.15, 0.2) is 63.9 Å². The maximum absolute atomic E-state index is 12.3. The van der Waals surface area contributed by atoms with Gasteiger partial charge in [-0.25, -0.2) is 9.55 Å². The average Bonchev–Trinajstić information content (AvgIpc) is 3.52. The molecule has 0 spiro atoms. The number of aliphatic imine (C=N–C) groups is 1. The van der Waals surface area contributed by atoms with Crippen LogP contribution < -0.4 is 5.32 Å². The third-order valence-corrected chi connectivity index (χ3v) is 6.73. The van der Waals surface area contributed by atoms with Gasteiger partial charge in [0.2, 0.25) is 16.1 Å². The van der Waals surface area contributed by atoms with E-state index < -0.39 is 0 Å². The molecule has 0 bridgehead atoms. The molecule has 8 nitrogen and oxygen atoms in total. The molecule has 10 heteroatoms. The lowest BCUT2D eigenvalue weighted by Crippen LogP contribution is -2.09. The van der Waals surface area contributed by atoms with Gasteiger partial charge < -0.3 is 10.4 Å². The zero-order valence-electron chi connectivity index (χ0n) is 17.5. The molecule has 2 aromatic carbocycles. The zero-order chi connectivity index (χ0) is 22.8. The highest BCUT2D eigenvalue weighted by Gasteiger charge is 2.20. The fourth-order valence-corrected chi connectivity index (χ4v) is 5.09. The number of imidazole rings is 1. The first kappa shape index (κ1) is 21.1. The molecule has 0 atom stereocenters. The summed E-state index contributed by atoms with van der Waals surface area (Å²) in [6, 6.07) is 17.3. The summed E-state index contributed by atoms with van der Waals surface area (Å²) in [5.41, 5.74) is 4.03. The molecule has 3 heterocycles. The molecular weight excluding hydrogens is 456 g/mol. The number of hydrogen-bond donors (Lipinski definition) is 2. The van der Waals surface area contributed by atoms with Crippen molar-refractivity contribution in [3.63, 3.8) is 0 Å². The van der Waals surface area contributed by atoms with Crippen LogP contribution in [-0.4, -0.2) is 42.7 Å². The molecule has 5 rings (SSSR count). The molecule has 0 saturated heterocycles. The number of nitrogens with zero attached hydrogens (tertiary/aromatic N) is 5. The standard InChI is InChI=1S/C23H18N6O2S2/c1-14-26-19(11-15-12-25-18-10-6-5-9-17(15)18)21(31)29(14)22-27-28-23(33-22)32-20(30)13-24-16-7-3-2-4-8-16/h2-12,24,31H,13H2,1H3. The third-order valence-electron chi connectivity index (χ3n) is 4.90. The molecule has 164 valence electrons. The lowest BCUT2D eigenvalue weighted by atomic mass is 10.1. The van der Waals surface area contributed by atoms with Gasteiger partial charge in [0, 0.05) is 23.0 Å². The summed E-state index contributed by atoms with van der Waals surface area (Å²) in [5, 5.41) is 22.5. The topological polar surface area (TPSA) is 105 Å². The Labute approximate surface area is 197 Å². The maximum atomic E-state index is 12.3. The number of aryl methyl sites for hydroxylation is 1. The quantitative estimate of drug-likeness (QED) is 0.389. The molecular formula is C23H18N6O2S2. The first-order chi connectivity index (χ1) is 16.1. The molecule has 0 radical (unpaired) electrons. The summed E-state index contributed by atoms with van der Waals surface area (Å²) in [4.78, 5) is 21.2. The van der Waals surface area contributed by atoms with E-state index >= 15 is 0 Å². The predicted molar refractivity (Wildman–Crippen MR) is 132 cm³/mol. The summed E-state index contributed by atoms with van der Waals surface area (Å²) >= 11 is 2.23. The van der Waals surface area contributed by atoms with Crippen molar-refractivity contribution >= 4 is 57.5 Å². The smallest absolute Gasteiger partial charge is 0.225 e. The molecule has 0 amide bonds. The fourth-order valence-electron chi connectivity index (χ4n) is 3.37. The molecule has 1 aliphatic heterocycles. The number of nitrogens with one attached hydrogen (secondary N) is 1. The summed E-state index contributed by atoms with van der Waals surface area (Å²) in [6.45, 7) is 1.95. The van der Waals surface area contributed by atoms with Gasteiger partial charge >= 0.3 is 0 Å². The Morgan fingerprint density at radius 2 is 1.94 bits per heavy atom. The first-order valence-corrected chi connectivity index (χ1v) is 11.7. The van der Waals surface area contributed by atoms with E-state index in [1.807, 2.05) is 54.6 Å². The summed E-state index contributed by atoms with van der Waals surface area (Å²) in [5.74, 6) is 0.523. The molecule has 2 aromatic heterocycles. The van der Waals surface area contributed by atoms with E-state index in [1.54, 1.807) is 19.2 Å². The van der Waals surface area contributed by atoms with Gasteiger partial charge in [-0.3, -0.25) is 9.79 Å². The van der Waals surface area contributed by atoms with E-state index in [4.69, 9.17) is 0 Å². The van der Waals surface area contributed by atoms with Gasteiger partial charge in [0.15, 0.2) is 4.34 Å². The van der Waals surface area contributed by atoms with Crippen molar-refractivity contribution in [3.05, 3.63) is 71.7 Å². The maximum Gasteiger partial charge on any atom is 0.225 e. The van der Waals surface area contributed by atoms with E-state index in [0.29, 0.717) is 21.0 Å². The minimum atomic E-state index is -0.0854. The van der Waals surface area contributed by atoms with Gasteiger partial charge in [-0.1, -0.05) is 47.7 Å². The van der Waals surface area contributed by atoms with E-state index in [2.05, 4.69) is 25.5 Å². The highest BCUT2D eigenvalue weighted by molar-refractivity contribution is 8.15. The third kappa shape index (κ3) is 4.43. The normalized spacial score (nSPS) is 13.4. The number of fused-ring (bicyclic) bond motifs is 1. The van der Waals surface area contributed by atoms with Crippen molar-refractivity contribution in [1.29, 1.82) is 0 Å². The van der Waals surface area contributed by atoms with Crippen LogP contribution in [0.5, 0.6) is 5.88 Å². The number of hydrogen-bond acceptors (Lipinski definition) is 9. The Morgan fingerprint density at radius 1 is 1.15 bits per heavy atom. The second kappa shape index (κ2) is 9.00. The number of allylic oxidation sites excluding steroid dienone is 1. The van der Waals surface area contributed by atoms with E-state index in [0.717, 1.165) is 34.3 Å². The lowest BCUT2D eigenvalue weighted by Gasteiger charge is -2.03. The minimum absolute atomic E-state index is 0.0393. The molecule has 4 aromatic rings. The number of aromatic hydroxyl groups is 1. The van der Waals surface area contributed by atoms with Crippen molar-refractivity contribution in [3.8, 4) is 11.0 Å². The van der Waals surface area contributed by atoms with Crippen LogP contribution in [0.3, 0.4) is 0 Å². The minimum Gasteiger partial charge on any atom is -0.493 e. The Kier molecular flexibility index (Phi) is 5.76. The number of aromatic nitrogens is 4. The molecule has 33 heavy (non-hydrogen) atoms. The molecule has 0 fully saturated rings. The van der Waals surface area contributed by atoms with Gasteiger partial charge in [-0.05, 0) is 43.0 Å². The van der Waals surface area contributed by atoms with Gasteiger partial charge in [-0.15, -0.1) is 10.2 Å². The Hall–Kier alpha value is -3.76. The number of para-hydroxylation sites is 2. The zero-order valence-corrected chi connectivity index (χ0v) is 19.1. The van der Waals surface area contributed by atoms with Crippen LogP contribution in [-0.2, 0) is 4.79 Å². The van der Waals surface area contributed by atoms with E-state index in [1.165, 1.54) is 15.9 Å². The largest absolute Gasteiger partial charge is 0.493 e. The van der Waals surface area contributed by atoms with Gasteiger partial charge in [0.1, 0.15) is 11.5 Å². The van der Waals surface area contributed by atoms with Crippen molar-refractivity contribution in [2.45, 2.75) is 11.3 Å². The van der Waals surface area contributed by atoms with Crippen LogP contribution in [0, 0.1) is 6.92 Å². The summed E-state index contributed by atoms with van der Waals surface area (Å²) in [7, 11) is 0. The number of benzene rings is 2. The van der Waals surface area contributed by atoms with E-state index in [-0.39, 0.29) is 17.5 Å². The average molecular weight is 475 g/mol. The molecule has 0 aliphatic carbocycles. The number of carbonyl (C=O) groups excluding carboxylic acids is 1. The SMILES string of the molecule is Cc1nc(C=C2C=Nc3ccccc32)c(O)n1-c1nnc(SC(=O)CNc2ccccc2)s1. The van der Waals surface area contributed by atoms with Crippen LogP contribution >= 0.6 is 23.1 Å². The number of anilines is 1.